The number of fused-ring (bicyclic) bond motifs is 8. The summed E-state index contributed by atoms with van der Waals surface area (Å²) in [7, 11) is 2.21. The van der Waals surface area contributed by atoms with Crippen LogP contribution in [0.15, 0.2) is 205 Å². The molecule has 300 valence electrons. The minimum Gasteiger partial charge on any atom is -0.348 e. The van der Waals surface area contributed by atoms with E-state index in [-0.39, 0.29) is 6.04 Å². The van der Waals surface area contributed by atoms with E-state index in [1.807, 2.05) is 0 Å². The lowest BCUT2D eigenvalue weighted by Crippen LogP contribution is -2.35. The number of aliphatic imine (C=N–C) groups is 1. The summed E-state index contributed by atoms with van der Waals surface area (Å²) in [6, 6.07) is 73.8. The smallest absolute Gasteiger partial charge is 0.137 e. The first-order chi connectivity index (χ1) is 31.1. The van der Waals surface area contributed by atoms with Crippen molar-refractivity contribution in [2.24, 2.45) is 10.9 Å². The van der Waals surface area contributed by atoms with Gasteiger partial charge in [0.25, 0.3) is 0 Å². The van der Waals surface area contributed by atoms with E-state index >= 15 is 0 Å². The van der Waals surface area contributed by atoms with Crippen molar-refractivity contribution in [3.63, 3.8) is 0 Å². The Balaban J connectivity index is 0.960. The summed E-state index contributed by atoms with van der Waals surface area (Å²) < 4.78 is 4.85. The fraction of sp³-hybridized carbons (Fsp3) is 0.102. The summed E-state index contributed by atoms with van der Waals surface area (Å²) >= 11 is 0. The lowest BCUT2D eigenvalue weighted by molar-refractivity contribution is 0.422. The molecular weight excluding hydrogens is 765 g/mol. The van der Waals surface area contributed by atoms with Crippen molar-refractivity contribution in [2.45, 2.75) is 25.3 Å². The van der Waals surface area contributed by atoms with Crippen LogP contribution in [0, 0.1) is 5.92 Å². The molecule has 1 saturated carbocycles. The van der Waals surface area contributed by atoms with E-state index in [0.717, 1.165) is 28.7 Å². The predicted molar refractivity (Wildman–Crippen MR) is 263 cm³/mol. The fourth-order valence-electron chi connectivity index (χ4n) is 10.8. The topological polar surface area (TPSA) is 25.5 Å². The summed E-state index contributed by atoms with van der Waals surface area (Å²) in [6.45, 7) is 2.36. The van der Waals surface area contributed by atoms with Crippen LogP contribution in [0.3, 0.4) is 0 Å². The minimum absolute atomic E-state index is 0.0487. The van der Waals surface area contributed by atoms with Gasteiger partial charge in [-0.15, -0.1) is 0 Å². The number of nitrogens with zero attached hydrogens (tertiary/aromatic N) is 4. The molecule has 1 aliphatic heterocycles. The first-order valence-corrected chi connectivity index (χ1v) is 22.2. The quantitative estimate of drug-likeness (QED) is 0.164. The van der Waals surface area contributed by atoms with Gasteiger partial charge in [0.15, 0.2) is 0 Å². The predicted octanol–water partition coefficient (Wildman–Crippen LogP) is 14.9. The summed E-state index contributed by atoms with van der Waals surface area (Å²) in [5, 5.41) is 7.38. The van der Waals surface area contributed by atoms with E-state index in [0.29, 0.717) is 5.92 Å². The van der Waals surface area contributed by atoms with Crippen LogP contribution < -0.4 is 0 Å². The summed E-state index contributed by atoms with van der Waals surface area (Å²) in [6.07, 6.45) is 1.25. The van der Waals surface area contributed by atoms with Gasteiger partial charge < -0.3 is 14.0 Å². The maximum absolute atomic E-state index is 5.54. The molecule has 4 nitrogen and oxygen atoms in total. The molecule has 0 N–H and O–H groups in total. The molecule has 0 bridgehead atoms. The van der Waals surface area contributed by atoms with Crippen molar-refractivity contribution in [3.05, 3.63) is 222 Å². The highest BCUT2D eigenvalue weighted by atomic mass is 15.2. The normalized spacial score (nSPS) is 17.2. The van der Waals surface area contributed by atoms with E-state index in [4.69, 9.17) is 4.99 Å². The molecular formula is C59H44N4. The van der Waals surface area contributed by atoms with Gasteiger partial charge in [0.2, 0.25) is 0 Å². The van der Waals surface area contributed by atoms with E-state index < -0.39 is 0 Å². The van der Waals surface area contributed by atoms with Gasteiger partial charge in [-0.3, -0.25) is 0 Å². The van der Waals surface area contributed by atoms with E-state index in [1.54, 1.807) is 0 Å². The zero-order chi connectivity index (χ0) is 41.8. The highest BCUT2D eigenvalue weighted by Crippen LogP contribution is 2.50. The first kappa shape index (κ1) is 36.0. The van der Waals surface area contributed by atoms with Crippen molar-refractivity contribution in [2.75, 3.05) is 7.05 Å². The minimum atomic E-state index is 0.0487. The zero-order valence-electron chi connectivity index (χ0n) is 35.3. The van der Waals surface area contributed by atoms with Crippen molar-refractivity contribution in [1.29, 1.82) is 0 Å². The third-order valence-corrected chi connectivity index (χ3v) is 14.0. The SMILES string of the molecule is CC1C[C@@H]1c1ccc2c(c1)N=C(c1ccc(-n3c4ccccc4c4cc(-c5ccc6c(c5)c5ccccc5n6-c5ccccc5)ccc43)c3ccccc13)N(C)C2c1ccccc1. The van der Waals surface area contributed by atoms with Gasteiger partial charge in [-0.05, 0) is 113 Å². The van der Waals surface area contributed by atoms with E-state index in [9.17, 15) is 0 Å². The van der Waals surface area contributed by atoms with Crippen LogP contribution in [0.2, 0.25) is 0 Å². The molecule has 0 saturated heterocycles. The molecule has 3 heterocycles. The molecule has 1 fully saturated rings. The average molecular weight is 809 g/mol. The maximum atomic E-state index is 5.54. The van der Waals surface area contributed by atoms with Crippen LogP contribution in [0.5, 0.6) is 0 Å². The summed E-state index contributed by atoms with van der Waals surface area (Å²) in [5.41, 5.74) is 15.7. The Bertz CT molecular complexity index is 3650. The third-order valence-electron chi connectivity index (χ3n) is 14.0. The summed E-state index contributed by atoms with van der Waals surface area (Å²) in [5.74, 6) is 2.36. The fourth-order valence-corrected chi connectivity index (χ4v) is 10.8. The van der Waals surface area contributed by atoms with Crippen molar-refractivity contribution < 1.29 is 0 Å². The van der Waals surface area contributed by atoms with Gasteiger partial charge in [0, 0.05) is 50.8 Å². The Morgan fingerprint density at radius 3 is 1.68 bits per heavy atom. The number of hydrogen-bond donors (Lipinski definition) is 0. The lowest BCUT2D eigenvalue weighted by Gasteiger charge is -2.36. The average Bonchev–Trinajstić information content (AvgIpc) is 3.86. The Hall–Kier alpha value is -7.69. The number of hydrogen-bond acceptors (Lipinski definition) is 2. The molecule has 3 atom stereocenters. The summed E-state index contributed by atoms with van der Waals surface area (Å²) in [4.78, 5) is 7.92. The molecule has 63 heavy (non-hydrogen) atoms. The van der Waals surface area contributed by atoms with Crippen LogP contribution in [0.1, 0.15) is 47.6 Å². The van der Waals surface area contributed by atoms with Gasteiger partial charge in [-0.1, -0.05) is 140 Å². The Morgan fingerprint density at radius 1 is 0.460 bits per heavy atom. The Morgan fingerprint density at radius 2 is 1.02 bits per heavy atom. The molecule has 0 spiro atoms. The van der Waals surface area contributed by atoms with E-state index in [1.165, 1.54) is 94.3 Å². The lowest BCUT2D eigenvalue weighted by atomic mass is 9.91. The molecule has 0 amide bonds. The van der Waals surface area contributed by atoms with Crippen LogP contribution in [0.4, 0.5) is 5.69 Å². The van der Waals surface area contributed by atoms with Crippen LogP contribution >= 0.6 is 0 Å². The van der Waals surface area contributed by atoms with Crippen LogP contribution in [0.25, 0.3) is 76.9 Å². The van der Waals surface area contributed by atoms with Gasteiger partial charge in [-0.25, -0.2) is 4.99 Å². The molecule has 2 unspecified atom stereocenters. The van der Waals surface area contributed by atoms with Gasteiger partial charge >= 0.3 is 0 Å². The first-order valence-electron chi connectivity index (χ1n) is 22.2. The number of amidine groups is 1. The monoisotopic (exact) mass is 808 g/mol. The number of benzene rings is 9. The third kappa shape index (κ3) is 5.57. The number of rotatable bonds is 6. The van der Waals surface area contributed by atoms with Gasteiger partial charge in [0.1, 0.15) is 5.84 Å². The van der Waals surface area contributed by atoms with E-state index in [2.05, 4.69) is 228 Å². The molecule has 2 aromatic heterocycles. The molecule has 13 rings (SSSR count). The van der Waals surface area contributed by atoms with Crippen LogP contribution in [-0.4, -0.2) is 26.9 Å². The maximum Gasteiger partial charge on any atom is 0.137 e. The Labute approximate surface area is 366 Å². The second-order valence-electron chi connectivity index (χ2n) is 17.7. The number of aromatic nitrogens is 2. The van der Waals surface area contributed by atoms with Crippen molar-refractivity contribution >= 4 is 65.9 Å². The molecule has 4 heteroatoms. The van der Waals surface area contributed by atoms with Gasteiger partial charge in [-0.2, -0.15) is 0 Å². The molecule has 0 radical (unpaired) electrons. The molecule has 11 aromatic rings. The highest BCUT2D eigenvalue weighted by Gasteiger charge is 2.36. The van der Waals surface area contributed by atoms with Crippen LogP contribution in [-0.2, 0) is 0 Å². The highest BCUT2D eigenvalue weighted by molar-refractivity contribution is 6.16. The Kier molecular flexibility index (Phi) is 7.95. The van der Waals surface area contributed by atoms with Gasteiger partial charge in [0.05, 0.1) is 39.5 Å². The molecule has 2 aliphatic rings. The largest absolute Gasteiger partial charge is 0.348 e. The standard InChI is InChI=1S/C59H44N4/c1-37-33-49(37)41-25-28-48-52(36-41)60-59(61(2)58(48)38-15-5-3-6-16-38)47-29-32-55(44-20-10-9-19-43(44)47)63-54-24-14-12-22-46(54)51-35-40(27-31-57(51)63)39-26-30-56-50(34-39)45-21-11-13-23-53(45)62(56)42-17-7-4-8-18-42/h3-32,34-37,49,58H,33H2,1-2H3/t37?,49-,58?/m0/s1. The van der Waals surface area contributed by atoms with Crippen molar-refractivity contribution in [3.8, 4) is 22.5 Å². The second kappa shape index (κ2) is 13.9. The zero-order valence-corrected chi connectivity index (χ0v) is 35.3. The number of para-hydroxylation sites is 3. The second-order valence-corrected chi connectivity index (χ2v) is 17.7. The molecule has 1 aliphatic carbocycles. The molecule has 9 aromatic carbocycles. The van der Waals surface area contributed by atoms with Crippen molar-refractivity contribution in [1.82, 2.24) is 14.0 Å².